The van der Waals surface area contributed by atoms with Gasteiger partial charge < -0.3 is 19.2 Å². The molecule has 8 nitrogen and oxygen atoms in total. The maximum atomic E-state index is 11.4. The van der Waals surface area contributed by atoms with Crippen LogP contribution in [-0.4, -0.2) is 47.7 Å². The van der Waals surface area contributed by atoms with Crippen molar-refractivity contribution in [3.63, 3.8) is 0 Å². The second-order valence-corrected chi connectivity index (χ2v) is 15.6. The predicted octanol–water partition coefficient (Wildman–Crippen LogP) is 11.2. The lowest BCUT2D eigenvalue weighted by atomic mass is 9.91. The number of aromatic amines is 1. The first-order valence-electron chi connectivity index (χ1n) is 21.3. The summed E-state index contributed by atoms with van der Waals surface area (Å²) in [5, 5.41) is 0. The first-order valence-corrected chi connectivity index (χ1v) is 21.3. The molecule has 7 aromatic rings. The van der Waals surface area contributed by atoms with Gasteiger partial charge in [0.05, 0.1) is 29.9 Å². The van der Waals surface area contributed by atoms with Crippen LogP contribution in [0.4, 0.5) is 0 Å². The second kappa shape index (κ2) is 18.5. The molecule has 0 spiro atoms. The number of aliphatic imine (C=N–C) groups is 2. The number of methoxy groups -OCH3 is 1. The molecule has 2 heterocycles. The van der Waals surface area contributed by atoms with Gasteiger partial charge in [0.15, 0.2) is 6.17 Å². The minimum atomic E-state index is -0.472. The van der Waals surface area contributed by atoms with E-state index in [4.69, 9.17) is 29.2 Å². The van der Waals surface area contributed by atoms with Crippen LogP contribution >= 0.6 is 0 Å². The molecule has 1 aliphatic heterocycles. The molecule has 1 aromatic heterocycles. The minimum Gasteiger partial charge on any atom is -0.497 e. The van der Waals surface area contributed by atoms with Crippen molar-refractivity contribution in [3.05, 3.63) is 197 Å². The van der Waals surface area contributed by atoms with E-state index in [0.29, 0.717) is 5.75 Å². The third-order valence-corrected chi connectivity index (χ3v) is 11.5. The lowest BCUT2D eigenvalue weighted by Crippen LogP contribution is -2.14. The predicted molar refractivity (Wildman–Crippen MR) is 247 cm³/mol. The van der Waals surface area contributed by atoms with E-state index in [9.17, 15) is 4.79 Å². The maximum Gasteiger partial charge on any atom is 0.330 e. The molecular formula is C54H48N4O4. The molecule has 4 bridgehead atoms. The molecule has 0 amide bonds. The van der Waals surface area contributed by atoms with Gasteiger partial charge in [0.25, 0.3) is 0 Å². The summed E-state index contributed by atoms with van der Waals surface area (Å²) in [5.41, 5.74) is 15.2. The van der Waals surface area contributed by atoms with Gasteiger partial charge in [0, 0.05) is 39.5 Å². The fourth-order valence-electron chi connectivity index (χ4n) is 8.35. The van der Waals surface area contributed by atoms with Gasteiger partial charge in [-0.1, -0.05) is 97.6 Å². The number of aryl methyl sites for hydroxylation is 4. The number of esters is 1. The summed E-state index contributed by atoms with van der Waals surface area (Å²) in [4.78, 5) is 31.3. The summed E-state index contributed by atoms with van der Waals surface area (Å²) in [6.07, 6.45) is 6.36. The van der Waals surface area contributed by atoms with E-state index in [1.165, 1.54) is 27.8 Å². The van der Waals surface area contributed by atoms with Crippen molar-refractivity contribution in [2.75, 3.05) is 20.3 Å². The highest BCUT2D eigenvalue weighted by Crippen LogP contribution is 2.37. The van der Waals surface area contributed by atoms with Crippen molar-refractivity contribution in [1.82, 2.24) is 9.97 Å². The molecule has 0 saturated carbocycles. The third-order valence-electron chi connectivity index (χ3n) is 11.5. The fraction of sp³-hybridized carbons (Fsp3) is 0.185. The number of carbonyl (C=O) groups excluding carboxylic acids is 1. The Morgan fingerprint density at radius 1 is 0.661 bits per heavy atom. The van der Waals surface area contributed by atoms with Gasteiger partial charge in [0.1, 0.15) is 30.5 Å². The Labute approximate surface area is 362 Å². The topological polar surface area (TPSA) is 98.2 Å². The van der Waals surface area contributed by atoms with Crippen LogP contribution in [-0.2, 0) is 35.2 Å². The summed E-state index contributed by atoms with van der Waals surface area (Å²) in [7, 11) is 1.67. The minimum absolute atomic E-state index is 0.138. The first-order chi connectivity index (χ1) is 30.5. The molecule has 6 aromatic carbocycles. The summed E-state index contributed by atoms with van der Waals surface area (Å²) >= 11 is 0. The number of rotatable bonds is 12. The van der Waals surface area contributed by atoms with Crippen molar-refractivity contribution < 1.29 is 19.0 Å². The molecule has 0 radical (unpaired) electrons. The number of hydrogen-bond acceptors (Lipinski definition) is 7. The zero-order valence-corrected chi connectivity index (χ0v) is 34.8. The number of benzene rings is 6. The Bertz CT molecular complexity index is 2700. The molecule has 308 valence electrons. The standard InChI is InChI=1S/C54H48N4O4/c1-3-48(59)62-33-32-61-45-30-26-43(27-31-45)52-51(42-24-28-44(60-2)29-25-42)57-54(58-52)47-35-37-13-10-12-36-20-22-38(18-11-19-39(47)23-21-37)46(34-36)53-55-49(40-14-6-4-7-15-40)50(56-53)41-16-8-5-9-17-41/h3-9,14-17,20-31,34-35,54H,1,10-13,18-19,32-33H2,2H3,(H,55,56). The highest BCUT2D eigenvalue weighted by atomic mass is 16.6. The highest BCUT2D eigenvalue weighted by molar-refractivity contribution is 6.54. The van der Waals surface area contributed by atoms with E-state index >= 15 is 0 Å². The van der Waals surface area contributed by atoms with Crippen molar-refractivity contribution in [1.29, 1.82) is 0 Å². The Kier molecular flexibility index (Phi) is 12.0. The van der Waals surface area contributed by atoms with Gasteiger partial charge >= 0.3 is 5.97 Å². The quantitative estimate of drug-likeness (QED) is 0.0752. The summed E-state index contributed by atoms with van der Waals surface area (Å²) in [6, 6.07) is 50.7. The van der Waals surface area contributed by atoms with Crippen LogP contribution in [0.1, 0.15) is 58.0 Å². The van der Waals surface area contributed by atoms with Crippen LogP contribution in [0.3, 0.4) is 0 Å². The normalized spacial score (nSPS) is 14.8. The number of ether oxygens (including phenoxy) is 3. The molecule has 8 heteroatoms. The Hall–Kier alpha value is -7.32. The molecule has 62 heavy (non-hydrogen) atoms. The Balaban J connectivity index is 1.02. The SMILES string of the molecule is C=CC(=O)OCCOc1ccc(C2=NC(c3cc4ccc3CCCc3ccc(cc3-c3nc(-c5ccccc5)c(-c5ccccc5)[nH]3)CCC4)N=C2c2ccc(OC)cc2)cc1. The molecule has 1 unspecified atom stereocenters. The Morgan fingerprint density at radius 3 is 1.92 bits per heavy atom. The molecular weight excluding hydrogens is 769 g/mol. The molecule has 5 aliphatic rings. The van der Waals surface area contributed by atoms with Crippen LogP contribution in [0.25, 0.3) is 33.9 Å². The average molecular weight is 817 g/mol. The zero-order valence-electron chi connectivity index (χ0n) is 34.8. The van der Waals surface area contributed by atoms with Crippen LogP contribution in [0.5, 0.6) is 11.5 Å². The summed E-state index contributed by atoms with van der Waals surface area (Å²) in [5.74, 6) is 1.88. The van der Waals surface area contributed by atoms with E-state index in [0.717, 1.165) is 107 Å². The van der Waals surface area contributed by atoms with Crippen LogP contribution < -0.4 is 9.47 Å². The van der Waals surface area contributed by atoms with Gasteiger partial charge in [-0.25, -0.2) is 9.78 Å². The maximum absolute atomic E-state index is 11.4. The van der Waals surface area contributed by atoms with Crippen LogP contribution in [0.15, 0.2) is 168 Å². The third kappa shape index (κ3) is 8.91. The lowest BCUT2D eigenvalue weighted by molar-refractivity contribution is -0.138. The molecule has 0 fully saturated rings. The number of imidazole rings is 1. The molecule has 4 aliphatic carbocycles. The van der Waals surface area contributed by atoms with E-state index in [2.05, 4.69) is 103 Å². The van der Waals surface area contributed by atoms with Gasteiger partial charge in [-0.2, -0.15) is 0 Å². The van der Waals surface area contributed by atoms with Crippen molar-refractivity contribution in [3.8, 4) is 45.4 Å². The Morgan fingerprint density at radius 2 is 1.26 bits per heavy atom. The number of hydrogen-bond donors (Lipinski definition) is 1. The summed E-state index contributed by atoms with van der Waals surface area (Å²) in [6.45, 7) is 3.81. The summed E-state index contributed by atoms with van der Waals surface area (Å²) < 4.78 is 16.4. The second-order valence-electron chi connectivity index (χ2n) is 15.6. The first kappa shape index (κ1) is 40.1. The molecule has 1 atom stereocenters. The van der Waals surface area contributed by atoms with Crippen LogP contribution in [0.2, 0.25) is 0 Å². The number of nitrogens with one attached hydrogen (secondary N) is 1. The number of carbonyl (C=O) groups is 1. The van der Waals surface area contributed by atoms with E-state index in [1.54, 1.807) is 7.11 Å². The van der Waals surface area contributed by atoms with Crippen molar-refractivity contribution in [2.24, 2.45) is 9.98 Å². The number of aromatic nitrogens is 2. The smallest absolute Gasteiger partial charge is 0.330 e. The fourth-order valence-corrected chi connectivity index (χ4v) is 8.35. The lowest BCUT2D eigenvalue weighted by Gasteiger charge is -2.16. The van der Waals surface area contributed by atoms with E-state index in [1.807, 2.05) is 54.6 Å². The van der Waals surface area contributed by atoms with E-state index < -0.39 is 12.1 Å². The van der Waals surface area contributed by atoms with Crippen molar-refractivity contribution >= 4 is 17.4 Å². The van der Waals surface area contributed by atoms with Crippen LogP contribution in [0, 0.1) is 0 Å². The monoisotopic (exact) mass is 816 g/mol. The molecule has 1 N–H and O–H groups in total. The average Bonchev–Trinajstić information content (AvgIpc) is 3.98. The van der Waals surface area contributed by atoms with Gasteiger partial charge in [-0.3, -0.25) is 9.98 Å². The van der Waals surface area contributed by atoms with Gasteiger partial charge in [0.2, 0.25) is 0 Å². The number of H-pyrrole nitrogens is 1. The molecule has 12 rings (SSSR count). The van der Waals surface area contributed by atoms with Gasteiger partial charge in [-0.15, -0.1) is 0 Å². The highest BCUT2D eigenvalue weighted by Gasteiger charge is 2.27. The number of nitrogens with zero attached hydrogens (tertiary/aromatic N) is 3. The zero-order chi connectivity index (χ0) is 42.3. The van der Waals surface area contributed by atoms with Gasteiger partial charge in [-0.05, 0) is 115 Å². The van der Waals surface area contributed by atoms with Crippen molar-refractivity contribution in [2.45, 2.75) is 44.7 Å². The van der Waals surface area contributed by atoms with E-state index in [-0.39, 0.29) is 13.2 Å². The largest absolute Gasteiger partial charge is 0.497 e. The molecule has 0 saturated heterocycles.